The summed E-state index contributed by atoms with van der Waals surface area (Å²) in [6.45, 7) is 0. The van der Waals surface area contributed by atoms with Crippen molar-refractivity contribution in [3.8, 4) is 0 Å². The van der Waals surface area contributed by atoms with Crippen molar-refractivity contribution in [2.24, 2.45) is 0 Å². The second-order valence-corrected chi connectivity index (χ2v) is 4.10. The van der Waals surface area contributed by atoms with Crippen molar-refractivity contribution in [1.29, 1.82) is 0 Å². The first-order valence-corrected chi connectivity index (χ1v) is 5.16. The van der Waals surface area contributed by atoms with Crippen LogP contribution >= 0.6 is 27.5 Å². The Labute approximate surface area is 98.6 Å². The highest BCUT2D eigenvalue weighted by Crippen LogP contribution is 2.22. The maximum atomic E-state index is 10.9. The number of anilines is 1. The van der Waals surface area contributed by atoms with Crippen LogP contribution in [-0.2, 0) is 0 Å². The van der Waals surface area contributed by atoms with Gasteiger partial charge in [0.1, 0.15) is 5.82 Å². The SMILES string of the molecule is Nc1nc2ncc(C(=O)Cl)cc2cc1Br. The van der Waals surface area contributed by atoms with E-state index in [-0.39, 0.29) is 0 Å². The van der Waals surface area contributed by atoms with E-state index in [0.29, 0.717) is 26.9 Å². The van der Waals surface area contributed by atoms with Crippen LogP contribution in [-0.4, -0.2) is 15.2 Å². The van der Waals surface area contributed by atoms with Crippen molar-refractivity contribution >= 4 is 49.6 Å². The van der Waals surface area contributed by atoms with Gasteiger partial charge in [-0.2, -0.15) is 0 Å². The maximum Gasteiger partial charge on any atom is 0.253 e. The van der Waals surface area contributed by atoms with Gasteiger partial charge in [-0.15, -0.1) is 0 Å². The summed E-state index contributed by atoms with van der Waals surface area (Å²) in [4.78, 5) is 18.9. The third-order valence-corrected chi connectivity index (χ3v) is 2.73. The molecule has 0 aliphatic heterocycles. The molecule has 0 spiro atoms. The zero-order chi connectivity index (χ0) is 11.0. The van der Waals surface area contributed by atoms with Gasteiger partial charge < -0.3 is 5.73 Å². The molecule has 2 rings (SSSR count). The second-order valence-electron chi connectivity index (χ2n) is 2.90. The number of fused-ring (bicyclic) bond motifs is 1. The number of halogens is 2. The van der Waals surface area contributed by atoms with Gasteiger partial charge in [-0.25, -0.2) is 9.97 Å². The molecule has 15 heavy (non-hydrogen) atoms. The van der Waals surface area contributed by atoms with E-state index >= 15 is 0 Å². The Morgan fingerprint density at radius 3 is 2.87 bits per heavy atom. The summed E-state index contributed by atoms with van der Waals surface area (Å²) in [5, 5.41) is 0.167. The Hall–Kier alpha value is -1.20. The van der Waals surface area contributed by atoms with Crippen LogP contribution in [0.4, 0.5) is 5.82 Å². The van der Waals surface area contributed by atoms with Gasteiger partial charge in [-0.1, -0.05) is 0 Å². The van der Waals surface area contributed by atoms with Gasteiger partial charge in [0.05, 0.1) is 10.0 Å². The summed E-state index contributed by atoms with van der Waals surface area (Å²) < 4.78 is 0.663. The number of hydrogen-bond acceptors (Lipinski definition) is 4. The first-order chi connectivity index (χ1) is 7.08. The molecule has 0 aromatic carbocycles. The predicted octanol–water partition coefficient (Wildman–Crippen LogP) is 2.35. The molecule has 0 bridgehead atoms. The van der Waals surface area contributed by atoms with Crippen LogP contribution in [0.15, 0.2) is 22.8 Å². The first-order valence-electron chi connectivity index (χ1n) is 3.99. The molecular formula is C9H5BrClN3O. The van der Waals surface area contributed by atoms with Crippen molar-refractivity contribution in [1.82, 2.24) is 9.97 Å². The van der Waals surface area contributed by atoms with E-state index in [1.165, 1.54) is 6.20 Å². The Balaban J connectivity index is 2.72. The van der Waals surface area contributed by atoms with Crippen molar-refractivity contribution in [2.75, 3.05) is 5.73 Å². The van der Waals surface area contributed by atoms with Crippen LogP contribution in [0.1, 0.15) is 10.4 Å². The van der Waals surface area contributed by atoms with E-state index in [0.717, 1.165) is 0 Å². The van der Waals surface area contributed by atoms with Gasteiger partial charge in [0.2, 0.25) is 0 Å². The van der Waals surface area contributed by atoms with E-state index in [2.05, 4.69) is 25.9 Å². The molecule has 0 aliphatic carbocycles. The van der Waals surface area contributed by atoms with Crippen LogP contribution in [0.2, 0.25) is 0 Å². The first kappa shape index (κ1) is 10.3. The highest BCUT2D eigenvalue weighted by atomic mass is 79.9. The Kier molecular flexibility index (Phi) is 2.58. The summed E-state index contributed by atoms with van der Waals surface area (Å²) in [6, 6.07) is 3.36. The molecular weight excluding hydrogens is 281 g/mol. The quantitative estimate of drug-likeness (QED) is 0.817. The zero-order valence-electron chi connectivity index (χ0n) is 7.37. The smallest absolute Gasteiger partial charge is 0.253 e. The minimum Gasteiger partial charge on any atom is -0.383 e. The lowest BCUT2D eigenvalue weighted by atomic mass is 10.2. The number of nitrogen functional groups attached to an aromatic ring is 1. The molecule has 0 unspecified atom stereocenters. The standard InChI is InChI=1S/C9H5BrClN3O/c10-6-2-4-1-5(7(11)15)3-13-9(4)14-8(6)12/h1-3H,(H2,12,13,14). The third-order valence-electron chi connectivity index (χ3n) is 1.88. The summed E-state index contributed by atoms with van der Waals surface area (Å²) in [7, 11) is 0. The number of pyridine rings is 2. The molecule has 0 aliphatic rings. The number of carbonyl (C=O) groups is 1. The fourth-order valence-corrected chi connectivity index (χ4v) is 1.60. The number of hydrogen-bond donors (Lipinski definition) is 1. The normalized spacial score (nSPS) is 10.5. The summed E-state index contributed by atoms with van der Waals surface area (Å²) in [5.74, 6) is 0.361. The van der Waals surface area contributed by atoms with Gasteiger partial charge in [-0.3, -0.25) is 4.79 Å². The molecule has 0 fully saturated rings. The number of aromatic nitrogens is 2. The van der Waals surface area contributed by atoms with Gasteiger partial charge in [0.25, 0.3) is 5.24 Å². The molecule has 2 heterocycles. The Morgan fingerprint density at radius 2 is 2.20 bits per heavy atom. The van der Waals surface area contributed by atoms with E-state index < -0.39 is 5.24 Å². The maximum absolute atomic E-state index is 10.9. The van der Waals surface area contributed by atoms with Crippen molar-refractivity contribution in [3.63, 3.8) is 0 Å². The van der Waals surface area contributed by atoms with Gasteiger partial charge in [-0.05, 0) is 39.7 Å². The molecule has 76 valence electrons. The fraction of sp³-hybridized carbons (Fsp3) is 0. The van der Waals surface area contributed by atoms with Gasteiger partial charge >= 0.3 is 0 Å². The van der Waals surface area contributed by atoms with E-state index in [1.807, 2.05) is 0 Å². The van der Waals surface area contributed by atoms with Crippen LogP contribution < -0.4 is 5.73 Å². The second kappa shape index (κ2) is 3.75. The van der Waals surface area contributed by atoms with E-state index in [9.17, 15) is 4.79 Å². The molecule has 0 saturated heterocycles. The summed E-state index contributed by atoms with van der Waals surface area (Å²) in [6.07, 6.45) is 1.37. The lowest BCUT2D eigenvalue weighted by molar-refractivity contribution is 0.108. The molecule has 4 nitrogen and oxygen atoms in total. The zero-order valence-corrected chi connectivity index (χ0v) is 9.71. The van der Waals surface area contributed by atoms with Crippen molar-refractivity contribution in [3.05, 3.63) is 28.4 Å². The molecule has 2 N–H and O–H groups in total. The third kappa shape index (κ3) is 1.93. The van der Waals surface area contributed by atoms with Gasteiger partial charge in [0.15, 0.2) is 5.65 Å². The van der Waals surface area contributed by atoms with Gasteiger partial charge in [0, 0.05) is 11.6 Å². The van der Waals surface area contributed by atoms with Crippen molar-refractivity contribution in [2.45, 2.75) is 0 Å². The van der Waals surface area contributed by atoms with Crippen LogP contribution in [0.5, 0.6) is 0 Å². The van der Waals surface area contributed by atoms with E-state index in [1.54, 1.807) is 12.1 Å². The minimum absolute atomic E-state index is 0.336. The molecule has 6 heteroatoms. The molecule has 2 aromatic heterocycles. The highest BCUT2D eigenvalue weighted by Gasteiger charge is 2.06. The molecule has 0 radical (unpaired) electrons. The van der Waals surface area contributed by atoms with Crippen LogP contribution in [0.25, 0.3) is 11.0 Å². The fourth-order valence-electron chi connectivity index (χ4n) is 1.16. The monoisotopic (exact) mass is 285 g/mol. The molecule has 0 saturated carbocycles. The highest BCUT2D eigenvalue weighted by molar-refractivity contribution is 9.10. The van der Waals surface area contributed by atoms with Crippen LogP contribution in [0.3, 0.4) is 0 Å². The number of nitrogens with zero attached hydrogens (tertiary/aromatic N) is 2. The molecule has 0 atom stereocenters. The van der Waals surface area contributed by atoms with Crippen molar-refractivity contribution < 1.29 is 4.79 Å². The summed E-state index contributed by atoms with van der Waals surface area (Å²) >= 11 is 8.58. The number of carbonyl (C=O) groups excluding carboxylic acids is 1. The predicted molar refractivity (Wildman–Crippen MR) is 61.8 cm³/mol. The largest absolute Gasteiger partial charge is 0.383 e. The average Bonchev–Trinajstić information content (AvgIpc) is 2.19. The Bertz CT molecular complexity index is 558. The lowest BCUT2D eigenvalue weighted by Gasteiger charge is -2.01. The minimum atomic E-state index is -0.544. The summed E-state index contributed by atoms with van der Waals surface area (Å²) in [5.41, 5.74) is 6.41. The molecule has 0 amide bonds. The van der Waals surface area contributed by atoms with Crippen LogP contribution in [0, 0.1) is 0 Å². The Morgan fingerprint density at radius 1 is 1.47 bits per heavy atom. The lowest BCUT2D eigenvalue weighted by Crippen LogP contribution is -1.96. The van der Waals surface area contributed by atoms with E-state index in [4.69, 9.17) is 17.3 Å². The average molecular weight is 287 g/mol. The number of rotatable bonds is 1. The number of nitrogens with two attached hydrogens (primary N) is 1. The molecule has 2 aromatic rings. The topological polar surface area (TPSA) is 68.9 Å².